The molecule has 1 fully saturated rings. The number of ether oxygens (including phenoxy) is 1. The van der Waals surface area contributed by atoms with Crippen LogP contribution >= 0.6 is 0 Å². The Morgan fingerprint density at radius 2 is 1.79 bits per heavy atom. The molecular weight excluding hydrogens is 306 g/mol. The summed E-state index contributed by atoms with van der Waals surface area (Å²) in [5.41, 5.74) is 0.125. The van der Waals surface area contributed by atoms with Gasteiger partial charge in [0.2, 0.25) is 5.91 Å². The highest BCUT2D eigenvalue weighted by atomic mass is 16.5. The van der Waals surface area contributed by atoms with Crippen molar-refractivity contribution in [2.75, 3.05) is 19.0 Å². The van der Waals surface area contributed by atoms with Crippen LogP contribution in [0.3, 0.4) is 0 Å². The molecule has 2 rings (SSSR count). The van der Waals surface area contributed by atoms with Crippen LogP contribution < -0.4 is 5.32 Å². The van der Waals surface area contributed by atoms with E-state index in [0.717, 1.165) is 32.1 Å². The summed E-state index contributed by atoms with van der Waals surface area (Å²) in [6.07, 6.45) is 4.67. The topological polar surface area (TPSA) is 75.6 Å². The first kappa shape index (κ1) is 18.5. The predicted molar refractivity (Wildman–Crippen MR) is 93.1 cm³/mol. The van der Waals surface area contributed by atoms with E-state index in [1.807, 2.05) is 0 Å². The number of methoxy groups -OCH3 is 1. The van der Waals surface area contributed by atoms with Crippen molar-refractivity contribution in [2.24, 2.45) is 5.41 Å². The average molecular weight is 333 g/mol. The molecule has 0 spiro atoms. The molecular formula is C19H27NO4. The molecule has 1 aliphatic rings. The van der Waals surface area contributed by atoms with E-state index < -0.39 is 11.4 Å². The molecule has 1 aliphatic carbocycles. The van der Waals surface area contributed by atoms with Crippen molar-refractivity contribution in [3.8, 4) is 0 Å². The number of aliphatic carboxylic acids is 1. The normalized spacial score (nSPS) is 16.8. The first-order valence-corrected chi connectivity index (χ1v) is 8.46. The van der Waals surface area contributed by atoms with Gasteiger partial charge in [-0.15, -0.1) is 0 Å². The standard InChI is InChI=1S/C19H27NO4/c1-18(2,17(22)23)14-6-8-15(9-7-14)20-16(21)19(12-13-24-3)10-4-5-11-19/h6-9H,4-5,10-13H2,1-3H3,(H,20,21)(H,22,23). The van der Waals surface area contributed by atoms with Gasteiger partial charge < -0.3 is 15.2 Å². The Morgan fingerprint density at radius 3 is 2.29 bits per heavy atom. The highest BCUT2D eigenvalue weighted by Gasteiger charge is 2.40. The van der Waals surface area contributed by atoms with Gasteiger partial charge in [0.25, 0.3) is 0 Å². The zero-order chi connectivity index (χ0) is 17.8. The number of amides is 1. The largest absolute Gasteiger partial charge is 0.481 e. The third-order valence-corrected chi connectivity index (χ3v) is 5.23. The maximum atomic E-state index is 12.8. The lowest BCUT2D eigenvalue weighted by atomic mass is 9.81. The lowest BCUT2D eigenvalue weighted by Crippen LogP contribution is -2.35. The highest BCUT2D eigenvalue weighted by Crippen LogP contribution is 2.42. The SMILES string of the molecule is COCCC1(C(=O)Nc2ccc(C(C)(C)C(=O)O)cc2)CCCC1. The van der Waals surface area contributed by atoms with E-state index >= 15 is 0 Å². The lowest BCUT2D eigenvalue weighted by molar-refractivity contribution is -0.142. The van der Waals surface area contributed by atoms with E-state index in [4.69, 9.17) is 4.74 Å². The molecule has 1 aromatic carbocycles. The number of carbonyl (C=O) groups is 2. The molecule has 1 aromatic rings. The smallest absolute Gasteiger partial charge is 0.313 e. The molecule has 1 saturated carbocycles. The van der Waals surface area contributed by atoms with E-state index in [2.05, 4.69) is 5.32 Å². The summed E-state index contributed by atoms with van der Waals surface area (Å²) >= 11 is 0. The summed E-state index contributed by atoms with van der Waals surface area (Å²) in [4.78, 5) is 24.1. The monoisotopic (exact) mass is 333 g/mol. The van der Waals surface area contributed by atoms with Crippen LogP contribution in [0.25, 0.3) is 0 Å². The van der Waals surface area contributed by atoms with Crippen LogP contribution in [0.15, 0.2) is 24.3 Å². The molecule has 5 nitrogen and oxygen atoms in total. The van der Waals surface area contributed by atoms with Crippen molar-refractivity contribution >= 4 is 17.6 Å². The Bertz CT molecular complexity index is 586. The fourth-order valence-electron chi connectivity index (χ4n) is 3.30. The van der Waals surface area contributed by atoms with Crippen molar-refractivity contribution < 1.29 is 19.4 Å². The van der Waals surface area contributed by atoms with Gasteiger partial charge in [-0.2, -0.15) is 0 Å². The molecule has 0 aliphatic heterocycles. The number of rotatable bonds is 7. The minimum absolute atomic E-state index is 0.0438. The Labute approximate surface area is 143 Å². The molecule has 0 heterocycles. The highest BCUT2D eigenvalue weighted by molar-refractivity contribution is 5.95. The minimum atomic E-state index is -0.951. The Hall–Kier alpha value is -1.88. The van der Waals surface area contributed by atoms with Gasteiger partial charge in [-0.3, -0.25) is 9.59 Å². The molecule has 0 bridgehead atoms. The predicted octanol–water partition coefficient (Wildman–Crippen LogP) is 3.58. The number of carboxylic acids is 1. The quantitative estimate of drug-likeness (QED) is 0.799. The van der Waals surface area contributed by atoms with Gasteiger partial charge in [0, 0.05) is 19.4 Å². The van der Waals surface area contributed by atoms with Crippen LogP contribution in [0.2, 0.25) is 0 Å². The fourth-order valence-corrected chi connectivity index (χ4v) is 3.30. The Kier molecular flexibility index (Phi) is 5.65. The minimum Gasteiger partial charge on any atom is -0.481 e. The second-order valence-corrected chi connectivity index (χ2v) is 7.19. The maximum Gasteiger partial charge on any atom is 0.313 e. The van der Waals surface area contributed by atoms with Gasteiger partial charge in [0.1, 0.15) is 0 Å². The summed E-state index contributed by atoms with van der Waals surface area (Å²) < 4.78 is 5.17. The molecule has 0 radical (unpaired) electrons. The molecule has 1 amide bonds. The number of hydrogen-bond acceptors (Lipinski definition) is 3. The fraction of sp³-hybridized carbons (Fsp3) is 0.579. The van der Waals surface area contributed by atoms with Gasteiger partial charge in [0.15, 0.2) is 0 Å². The van der Waals surface area contributed by atoms with Crippen LogP contribution in [0.4, 0.5) is 5.69 Å². The summed E-state index contributed by atoms with van der Waals surface area (Å²) in [5.74, 6) is -0.828. The number of nitrogens with one attached hydrogen (secondary N) is 1. The average Bonchev–Trinajstić information content (AvgIpc) is 3.03. The first-order chi connectivity index (χ1) is 11.3. The van der Waals surface area contributed by atoms with Crippen LogP contribution in [-0.4, -0.2) is 30.7 Å². The molecule has 5 heteroatoms. The van der Waals surface area contributed by atoms with Crippen LogP contribution in [0.1, 0.15) is 51.5 Å². The van der Waals surface area contributed by atoms with Crippen LogP contribution in [0.5, 0.6) is 0 Å². The van der Waals surface area contributed by atoms with Crippen molar-refractivity contribution in [3.05, 3.63) is 29.8 Å². The van der Waals surface area contributed by atoms with E-state index in [0.29, 0.717) is 17.9 Å². The van der Waals surface area contributed by atoms with E-state index in [9.17, 15) is 14.7 Å². The number of carboxylic acid groups (broad SMARTS) is 1. The van der Waals surface area contributed by atoms with Crippen molar-refractivity contribution in [1.82, 2.24) is 0 Å². The molecule has 0 aromatic heterocycles. The van der Waals surface area contributed by atoms with Crippen molar-refractivity contribution in [2.45, 2.75) is 51.4 Å². The summed E-state index contributed by atoms with van der Waals surface area (Å²) in [5, 5.41) is 12.3. The molecule has 0 saturated heterocycles. The second-order valence-electron chi connectivity index (χ2n) is 7.19. The number of carbonyl (C=O) groups excluding carboxylic acids is 1. The van der Waals surface area contributed by atoms with Crippen LogP contribution in [0, 0.1) is 5.41 Å². The van der Waals surface area contributed by atoms with Gasteiger partial charge in [-0.25, -0.2) is 0 Å². The number of hydrogen-bond donors (Lipinski definition) is 2. The van der Waals surface area contributed by atoms with Crippen LogP contribution in [-0.2, 0) is 19.7 Å². The third kappa shape index (κ3) is 3.78. The van der Waals surface area contributed by atoms with Gasteiger partial charge in [-0.05, 0) is 50.8 Å². The summed E-state index contributed by atoms with van der Waals surface area (Å²) in [6.45, 7) is 3.92. The zero-order valence-electron chi connectivity index (χ0n) is 14.7. The molecule has 2 N–H and O–H groups in total. The van der Waals surface area contributed by atoms with Crippen molar-refractivity contribution in [1.29, 1.82) is 0 Å². The maximum absolute atomic E-state index is 12.8. The molecule has 0 unspecified atom stereocenters. The van der Waals surface area contributed by atoms with E-state index in [1.54, 1.807) is 45.2 Å². The lowest BCUT2D eigenvalue weighted by Gasteiger charge is -2.27. The van der Waals surface area contributed by atoms with E-state index in [-0.39, 0.29) is 11.3 Å². The van der Waals surface area contributed by atoms with Gasteiger partial charge in [-0.1, -0.05) is 25.0 Å². The first-order valence-electron chi connectivity index (χ1n) is 8.46. The Balaban J connectivity index is 2.10. The number of anilines is 1. The van der Waals surface area contributed by atoms with Gasteiger partial charge in [0.05, 0.1) is 10.8 Å². The third-order valence-electron chi connectivity index (χ3n) is 5.23. The van der Waals surface area contributed by atoms with E-state index in [1.165, 1.54) is 0 Å². The number of benzene rings is 1. The zero-order valence-corrected chi connectivity index (χ0v) is 14.7. The molecule has 132 valence electrons. The molecule has 0 atom stereocenters. The molecule has 24 heavy (non-hydrogen) atoms. The summed E-state index contributed by atoms with van der Waals surface area (Å²) in [6, 6.07) is 7.08. The Morgan fingerprint density at radius 1 is 1.21 bits per heavy atom. The second kappa shape index (κ2) is 7.34. The summed E-state index contributed by atoms with van der Waals surface area (Å²) in [7, 11) is 1.66. The van der Waals surface area contributed by atoms with Crippen molar-refractivity contribution in [3.63, 3.8) is 0 Å². The van der Waals surface area contributed by atoms with Gasteiger partial charge >= 0.3 is 5.97 Å².